The first-order chi connectivity index (χ1) is 12.1. The van der Waals surface area contributed by atoms with Crippen molar-refractivity contribution in [1.29, 1.82) is 0 Å². The van der Waals surface area contributed by atoms with Crippen molar-refractivity contribution in [1.82, 2.24) is 15.6 Å². The van der Waals surface area contributed by atoms with E-state index in [1.54, 1.807) is 7.05 Å². The van der Waals surface area contributed by atoms with Gasteiger partial charge in [-0.3, -0.25) is 4.99 Å². The minimum atomic E-state index is 0.704. The number of benzene rings is 1. The molecule has 0 saturated heterocycles. The van der Waals surface area contributed by atoms with Crippen molar-refractivity contribution in [2.45, 2.75) is 33.7 Å². The SMILES string of the molecule is CN=C(NCCc1c[nH]c2cc(C)ccc12)NCc1cc(C)oc1C. The van der Waals surface area contributed by atoms with Crippen molar-refractivity contribution in [3.8, 4) is 0 Å². The molecule has 2 aromatic heterocycles. The van der Waals surface area contributed by atoms with Crippen LogP contribution in [-0.4, -0.2) is 24.5 Å². The highest BCUT2D eigenvalue weighted by molar-refractivity contribution is 5.84. The highest BCUT2D eigenvalue weighted by Gasteiger charge is 2.07. The Kier molecular flexibility index (Phi) is 5.12. The number of furan rings is 1. The van der Waals surface area contributed by atoms with Crippen LogP contribution < -0.4 is 10.6 Å². The second kappa shape index (κ2) is 7.47. The van der Waals surface area contributed by atoms with E-state index in [1.807, 2.05) is 13.8 Å². The maximum atomic E-state index is 5.56. The topological polar surface area (TPSA) is 65.3 Å². The lowest BCUT2D eigenvalue weighted by Crippen LogP contribution is -2.37. The zero-order valence-electron chi connectivity index (χ0n) is 15.4. The zero-order chi connectivity index (χ0) is 17.8. The Labute approximate surface area is 148 Å². The molecule has 5 nitrogen and oxygen atoms in total. The molecule has 25 heavy (non-hydrogen) atoms. The maximum Gasteiger partial charge on any atom is 0.191 e. The van der Waals surface area contributed by atoms with Gasteiger partial charge in [-0.05, 0) is 50.5 Å². The summed E-state index contributed by atoms with van der Waals surface area (Å²) in [4.78, 5) is 7.64. The Bertz CT molecular complexity index is 888. The van der Waals surface area contributed by atoms with Gasteiger partial charge in [0.15, 0.2) is 5.96 Å². The molecule has 0 aliphatic heterocycles. The summed E-state index contributed by atoms with van der Waals surface area (Å²) < 4.78 is 5.56. The molecule has 0 bridgehead atoms. The molecule has 0 aliphatic rings. The molecule has 0 fully saturated rings. The molecule has 0 spiro atoms. The van der Waals surface area contributed by atoms with E-state index in [9.17, 15) is 0 Å². The lowest BCUT2D eigenvalue weighted by atomic mass is 10.1. The van der Waals surface area contributed by atoms with E-state index < -0.39 is 0 Å². The predicted molar refractivity (Wildman–Crippen MR) is 103 cm³/mol. The van der Waals surface area contributed by atoms with Crippen LogP contribution in [0.5, 0.6) is 0 Å². The van der Waals surface area contributed by atoms with Crippen molar-refractivity contribution >= 4 is 16.9 Å². The number of nitrogens with one attached hydrogen (secondary N) is 3. The number of rotatable bonds is 5. The van der Waals surface area contributed by atoms with Crippen LogP contribution in [0.25, 0.3) is 10.9 Å². The van der Waals surface area contributed by atoms with Gasteiger partial charge in [-0.15, -0.1) is 0 Å². The third kappa shape index (κ3) is 4.05. The number of guanidine groups is 1. The number of H-pyrrole nitrogens is 1. The van der Waals surface area contributed by atoms with Gasteiger partial charge >= 0.3 is 0 Å². The van der Waals surface area contributed by atoms with Crippen LogP contribution in [0, 0.1) is 20.8 Å². The average molecular weight is 338 g/mol. The standard InChI is InChI=1S/C20H26N4O/c1-13-5-6-18-16(11-23-19(18)9-13)7-8-22-20(21-4)24-12-17-10-14(2)25-15(17)3/h5-6,9-11,23H,7-8,12H2,1-4H3,(H2,21,22,24). The molecule has 132 valence electrons. The van der Waals surface area contributed by atoms with E-state index in [4.69, 9.17) is 4.42 Å². The highest BCUT2D eigenvalue weighted by atomic mass is 16.3. The number of nitrogens with zero attached hydrogens (tertiary/aromatic N) is 1. The second-order valence-electron chi connectivity index (χ2n) is 6.40. The fourth-order valence-corrected chi connectivity index (χ4v) is 3.08. The second-order valence-corrected chi connectivity index (χ2v) is 6.40. The van der Waals surface area contributed by atoms with Crippen molar-refractivity contribution in [3.63, 3.8) is 0 Å². The summed E-state index contributed by atoms with van der Waals surface area (Å²) in [5.41, 5.74) is 4.95. The molecule has 2 heterocycles. The van der Waals surface area contributed by atoms with E-state index in [1.165, 1.54) is 22.0 Å². The summed E-state index contributed by atoms with van der Waals surface area (Å²) in [5, 5.41) is 8.00. The Morgan fingerprint density at radius 3 is 2.68 bits per heavy atom. The minimum absolute atomic E-state index is 0.704. The third-order valence-electron chi connectivity index (χ3n) is 4.42. The number of aromatic amines is 1. The molecule has 5 heteroatoms. The van der Waals surface area contributed by atoms with Crippen molar-refractivity contribution in [2.75, 3.05) is 13.6 Å². The lowest BCUT2D eigenvalue weighted by molar-refractivity contribution is 0.500. The molecule has 0 aliphatic carbocycles. The molecular formula is C20H26N4O. The smallest absolute Gasteiger partial charge is 0.191 e. The number of aliphatic imine (C=N–C) groups is 1. The molecule has 0 saturated carbocycles. The highest BCUT2D eigenvalue weighted by Crippen LogP contribution is 2.19. The first-order valence-electron chi connectivity index (χ1n) is 8.64. The molecule has 0 unspecified atom stereocenters. The fraction of sp³-hybridized carbons (Fsp3) is 0.350. The van der Waals surface area contributed by atoms with Crippen molar-refractivity contribution in [2.24, 2.45) is 4.99 Å². The summed E-state index contributed by atoms with van der Waals surface area (Å²) in [7, 11) is 1.79. The number of hydrogen-bond donors (Lipinski definition) is 3. The van der Waals surface area contributed by atoms with Gasteiger partial charge in [0.25, 0.3) is 0 Å². The van der Waals surface area contributed by atoms with E-state index in [2.05, 4.69) is 58.0 Å². The Hall–Kier alpha value is -2.69. The molecule has 3 N–H and O–H groups in total. The number of aromatic nitrogens is 1. The molecule has 0 radical (unpaired) electrons. The Balaban J connectivity index is 1.53. The van der Waals surface area contributed by atoms with E-state index in [0.717, 1.165) is 36.0 Å². The Morgan fingerprint density at radius 1 is 1.12 bits per heavy atom. The van der Waals surface area contributed by atoms with Crippen LogP contribution >= 0.6 is 0 Å². The third-order valence-corrected chi connectivity index (χ3v) is 4.42. The first-order valence-corrected chi connectivity index (χ1v) is 8.64. The van der Waals surface area contributed by atoms with Gasteiger partial charge in [0.1, 0.15) is 11.5 Å². The lowest BCUT2D eigenvalue weighted by Gasteiger charge is -2.11. The summed E-state index contributed by atoms with van der Waals surface area (Å²) >= 11 is 0. The minimum Gasteiger partial charge on any atom is -0.466 e. The van der Waals surface area contributed by atoms with Gasteiger partial charge in [0.2, 0.25) is 0 Å². The van der Waals surface area contributed by atoms with Crippen LogP contribution in [0.2, 0.25) is 0 Å². The molecule has 3 aromatic rings. The van der Waals surface area contributed by atoms with Gasteiger partial charge < -0.3 is 20.0 Å². The normalized spacial score (nSPS) is 11.9. The number of aryl methyl sites for hydroxylation is 3. The summed E-state index contributed by atoms with van der Waals surface area (Å²) in [6.45, 7) is 7.59. The maximum absolute atomic E-state index is 5.56. The quantitative estimate of drug-likeness (QED) is 0.492. The summed E-state index contributed by atoms with van der Waals surface area (Å²) in [6, 6.07) is 8.59. The molecule has 1 aromatic carbocycles. The van der Waals surface area contributed by atoms with Gasteiger partial charge in [0.05, 0.1) is 0 Å². The van der Waals surface area contributed by atoms with Gasteiger partial charge in [-0.25, -0.2) is 0 Å². The largest absolute Gasteiger partial charge is 0.466 e. The molecule has 0 atom stereocenters. The van der Waals surface area contributed by atoms with E-state index >= 15 is 0 Å². The van der Waals surface area contributed by atoms with E-state index in [0.29, 0.717) is 6.54 Å². The van der Waals surface area contributed by atoms with Crippen molar-refractivity contribution < 1.29 is 4.42 Å². The van der Waals surface area contributed by atoms with Crippen LogP contribution in [0.3, 0.4) is 0 Å². The van der Waals surface area contributed by atoms with Crippen LogP contribution in [0.15, 0.2) is 39.9 Å². The van der Waals surface area contributed by atoms with Gasteiger partial charge in [-0.1, -0.05) is 12.1 Å². The van der Waals surface area contributed by atoms with Crippen LogP contribution in [0.1, 0.15) is 28.2 Å². The average Bonchev–Trinajstić information content (AvgIpc) is 3.12. The Morgan fingerprint density at radius 2 is 1.96 bits per heavy atom. The predicted octanol–water partition coefficient (Wildman–Crippen LogP) is 3.59. The van der Waals surface area contributed by atoms with Crippen LogP contribution in [-0.2, 0) is 13.0 Å². The summed E-state index contributed by atoms with van der Waals surface area (Å²) in [6.07, 6.45) is 3.03. The number of hydrogen-bond acceptors (Lipinski definition) is 2. The summed E-state index contributed by atoms with van der Waals surface area (Å²) in [5.74, 6) is 2.69. The van der Waals surface area contributed by atoms with E-state index in [-0.39, 0.29) is 0 Å². The zero-order valence-corrected chi connectivity index (χ0v) is 15.4. The van der Waals surface area contributed by atoms with Crippen LogP contribution in [0.4, 0.5) is 0 Å². The van der Waals surface area contributed by atoms with Gasteiger partial charge in [-0.2, -0.15) is 0 Å². The molecule has 3 rings (SSSR count). The number of fused-ring (bicyclic) bond motifs is 1. The van der Waals surface area contributed by atoms with Crippen molar-refractivity contribution in [3.05, 3.63) is 58.7 Å². The molecular weight excluding hydrogens is 312 g/mol. The molecule has 0 amide bonds. The fourth-order valence-electron chi connectivity index (χ4n) is 3.08. The first kappa shape index (κ1) is 17.1. The van der Waals surface area contributed by atoms with Gasteiger partial charge in [0, 0.05) is 42.8 Å². The monoisotopic (exact) mass is 338 g/mol.